The molecule has 0 fully saturated rings. The van der Waals surface area contributed by atoms with Crippen molar-refractivity contribution in [2.75, 3.05) is 6.61 Å². The summed E-state index contributed by atoms with van der Waals surface area (Å²) in [5.74, 6) is -1.70. The lowest BCUT2D eigenvalue weighted by atomic mass is 10.1. The van der Waals surface area contributed by atoms with Gasteiger partial charge in [0.15, 0.2) is 0 Å². The topological polar surface area (TPSA) is 133 Å². The summed E-state index contributed by atoms with van der Waals surface area (Å²) >= 11 is 0. The number of carbonyl (C=O) groups excluding carboxylic acids is 1. The summed E-state index contributed by atoms with van der Waals surface area (Å²) in [4.78, 5) is 22.6. The summed E-state index contributed by atoms with van der Waals surface area (Å²) < 4.78 is 0. The maximum absolute atomic E-state index is 11.8. The van der Waals surface area contributed by atoms with Crippen LogP contribution in [0.5, 0.6) is 5.75 Å². The van der Waals surface area contributed by atoms with E-state index in [0.717, 1.165) is 5.56 Å². The molecule has 0 radical (unpaired) electrons. The lowest BCUT2D eigenvalue weighted by Gasteiger charge is -2.17. The Bertz CT molecular complexity index is 460. The van der Waals surface area contributed by atoms with Crippen LogP contribution in [0.4, 0.5) is 0 Å². The van der Waals surface area contributed by atoms with E-state index < -0.39 is 24.0 Å². The van der Waals surface area contributed by atoms with Crippen LogP contribution in [0, 0.1) is 0 Å². The molecule has 1 rings (SSSR count). The van der Waals surface area contributed by atoms with Crippen LogP contribution in [0.1, 0.15) is 12.0 Å². The molecule has 1 aromatic carbocycles. The van der Waals surface area contributed by atoms with Crippen molar-refractivity contribution in [2.24, 2.45) is 5.73 Å². The van der Waals surface area contributed by atoms with Crippen molar-refractivity contribution >= 4 is 11.9 Å². The van der Waals surface area contributed by atoms with Crippen molar-refractivity contribution in [3.63, 3.8) is 0 Å². The predicted octanol–water partition coefficient (Wildman–Crippen LogP) is -0.786. The molecule has 2 atom stereocenters. The Morgan fingerprint density at radius 3 is 2.35 bits per heavy atom. The van der Waals surface area contributed by atoms with Gasteiger partial charge in [0.2, 0.25) is 5.91 Å². The van der Waals surface area contributed by atoms with E-state index in [-0.39, 0.29) is 25.2 Å². The number of aromatic hydroxyl groups is 1. The highest BCUT2D eigenvalue weighted by molar-refractivity contribution is 5.86. The van der Waals surface area contributed by atoms with Crippen LogP contribution < -0.4 is 11.1 Å². The third-order valence-electron chi connectivity index (χ3n) is 2.76. The van der Waals surface area contributed by atoms with Crippen LogP contribution in [0.3, 0.4) is 0 Å². The first-order valence-electron chi connectivity index (χ1n) is 6.11. The molecule has 0 aromatic heterocycles. The van der Waals surface area contributed by atoms with Gasteiger partial charge in [0.05, 0.1) is 6.04 Å². The molecule has 1 unspecified atom stereocenters. The van der Waals surface area contributed by atoms with Crippen molar-refractivity contribution in [3.8, 4) is 5.75 Å². The zero-order valence-corrected chi connectivity index (χ0v) is 10.8. The highest BCUT2D eigenvalue weighted by Gasteiger charge is 2.22. The fraction of sp³-hybridized carbons (Fsp3) is 0.385. The highest BCUT2D eigenvalue weighted by atomic mass is 16.4. The number of aliphatic hydroxyl groups excluding tert-OH is 1. The van der Waals surface area contributed by atoms with E-state index in [1.807, 2.05) is 0 Å². The number of phenolic OH excluding ortho intramolecular Hbond substituents is 1. The molecule has 0 saturated heterocycles. The normalized spacial score (nSPS) is 13.5. The first-order chi connectivity index (χ1) is 9.43. The van der Waals surface area contributed by atoms with Crippen molar-refractivity contribution < 1.29 is 24.9 Å². The molecular formula is C13H18N2O5. The molecule has 1 aromatic rings. The van der Waals surface area contributed by atoms with Gasteiger partial charge in [-0.2, -0.15) is 0 Å². The summed E-state index contributed by atoms with van der Waals surface area (Å²) in [6.45, 7) is -0.343. The van der Waals surface area contributed by atoms with Gasteiger partial charge in [-0.3, -0.25) is 4.79 Å². The van der Waals surface area contributed by atoms with Gasteiger partial charge in [-0.1, -0.05) is 12.1 Å². The Kier molecular flexibility index (Phi) is 5.95. The smallest absolute Gasteiger partial charge is 0.326 e. The number of carbonyl (C=O) groups is 2. The molecule has 0 bridgehead atoms. The van der Waals surface area contributed by atoms with Crippen LogP contribution >= 0.6 is 0 Å². The Morgan fingerprint density at radius 2 is 1.85 bits per heavy atom. The van der Waals surface area contributed by atoms with Gasteiger partial charge in [0.25, 0.3) is 0 Å². The van der Waals surface area contributed by atoms with Crippen LogP contribution in [-0.2, 0) is 16.0 Å². The Morgan fingerprint density at radius 1 is 1.25 bits per heavy atom. The van der Waals surface area contributed by atoms with E-state index in [1.165, 1.54) is 12.1 Å². The van der Waals surface area contributed by atoms with Crippen molar-refractivity contribution in [1.82, 2.24) is 5.32 Å². The van der Waals surface area contributed by atoms with Crippen LogP contribution in [0.2, 0.25) is 0 Å². The third kappa shape index (κ3) is 4.87. The summed E-state index contributed by atoms with van der Waals surface area (Å²) in [6, 6.07) is 4.16. The number of nitrogens with one attached hydrogen (secondary N) is 1. The molecule has 110 valence electrons. The molecule has 0 aliphatic rings. The van der Waals surface area contributed by atoms with Crippen LogP contribution in [0.15, 0.2) is 24.3 Å². The van der Waals surface area contributed by atoms with Crippen molar-refractivity contribution in [3.05, 3.63) is 29.8 Å². The second-order valence-electron chi connectivity index (χ2n) is 4.39. The Labute approximate surface area is 116 Å². The predicted molar refractivity (Wildman–Crippen MR) is 71.1 cm³/mol. The first kappa shape index (κ1) is 15.9. The van der Waals surface area contributed by atoms with Crippen LogP contribution in [-0.4, -0.2) is 45.9 Å². The number of aliphatic hydroxyl groups is 1. The lowest BCUT2D eigenvalue weighted by Crippen LogP contribution is -2.49. The molecule has 0 saturated carbocycles. The van der Waals surface area contributed by atoms with Crippen molar-refractivity contribution in [1.29, 1.82) is 0 Å². The average Bonchev–Trinajstić information content (AvgIpc) is 2.40. The summed E-state index contributed by atoms with van der Waals surface area (Å²) in [6.07, 6.45) is 0.143. The number of phenols is 1. The summed E-state index contributed by atoms with van der Waals surface area (Å²) in [7, 11) is 0. The molecule has 7 heteroatoms. The van der Waals surface area contributed by atoms with Crippen LogP contribution in [0.25, 0.3) is 0 Å². The lowest BCUT2D eigenvalue weighted by molar-refractivity contribution is -0.142. The number of aliphatic carboxylic acids is 1. The number of carboxylic acid groups (broad SMARTS) is 1. The second kappa shape index (κ2) is 7.46. The van der Waals surface area contributed by atoms with Gasteiger partial charge in [-0.05, 0) is 24.1 Å². The number of hydrogen-bond donors (Lipinski definition) is 5. The van der Waals surface area contributed by atoms with E-state index in [4.69, 9.17) is 21.1 Å². The van der Waals surface area contributed by atoms with E-state index in [2.05, 4.69) is 5.32 Å². The largest absolute Gasteiger partial charge is 0.508 e. The number of benzene rings is 1. The fourth-order valence-electron chi connectivity index (χ4n) is 1.64. The minimum atomic E-state index is -1.22. The maximum Gasteiger partial charge on any atom is 0.326 e. The maximum atomic E-state index is 11.8. The minimum Gasteiger partial charge on any atom is -0.508 e. The summed E-state index contributed by atoms with van der Waals surface area (Å²) in [5.41, 5.74) is 6.45. The number of nitrogens with two attached hydrogens (primary N) is 1. The van der Waals surface area contributed by atoms with Crippen molar-refractivity contribution in [2.45, 2.75) is 24.9 Å². The SMILES string of the molecule is NC(Cc1ccc(O)cc1)C(=O)N[C@H](CCO)C(=O)O. The fourth-order valence-corrected chi connectivity index (χ4v) is 1.64. The molecule has 0 heterocycles. The Balaban J connectivity index is 2.57. The zero-order chi connectivity index (χ0) is 15.1. The molecule has 1 amide bonds. The first-order valence-corrected chi connectivity index (χ1v) is 6.11. The number of amides is 1. The van der Waals surface area contributed by atoms with Gasteiger partial charge in [0, 0.05) is 13.0 Å². The molecule has 0 aliphatic carbocycles. The molecule has 0 aliphatic heterocycles. The zero-order valence-electron chi connectivity index (χ0n) is 10.8. The molecule has 7 nitrogen and oxygen atoms in total. The molecular weight excluding hydrogens is 264 g/mol. The number of rotatable bonds is 7. The third-order valence-corrected chi connectivity index (χ3v) is 2.76. The second-order valence-corrected chi connectivity index (χ2v) is 4.39. The van der Waals surface area contributed by atoms with Gasteiger partial charge in [0.1, 0.15) is 11.8 Å². The minimum absolute atomic E-state index is 0.0764. The molecule has 20 heavy (non-hydrogen) atoms. The van der Waals surface area contributed by atoms with E-state index in [1.54, 1.807) is 12.1 Å². The standard InChI is InChI=1S/C13H18N2O5/c14-10(7-8-1-3-9(17)4-2-8)12(18)15-11(5-6-16)13(19)20/h1-4,10-11,16-17H,5-7,14H2,(H,15,18)(H,19,20)/t10?,11-/m1/s1. The molecule has 6 N–H and O–H groups in total. The highest BCUT2D eigenvalue weighted by Crippen LogP contribution is 2.11. The number of hydrogen-bond acceptors (Lipinski definition) is 5. The van der Waals surface area contributed by atoms with Gasteiger partial charge in [-0.25, -0.2) is 4.79 Å². The Hall–Kier alpha value is -2.12. The quantitative estimate of drug-likeness (QED) is 0.445. The number of carboxylic acids is 1. The van der Waals surface area contributed by atoms with E-state index in [9.17, 15) is 9.59 Å². The van der Waals surface area contributed by atoms with Gasteiger partial charge in [-0.15, -0.1) is 0 Å². The van der Waals surface area contributed by atoms with E-state index in [0.29, 0.717) is 0 Å². The molecule has 0 spiro atoms. The monoisotopic (exact) mass is 282 g/mol. The summed E-state index contributed by atoms with van der Waals surface area (Å²) in [5, 5.41) is 29.0. The van der Waals surface area contributed by atoms with Gasteiger partial charge >= 0.3 is 5.97 Å². The van der Waals surface area contributed by atoms with Gasteiger partial charge < -0.3 is 26.4 Å². The average molecular weight is 282 g/mol. The van der Waals surface area contributed by atoms with E-state index >= 15 is 0 Å².